The number of hydrogen-bond donors (Lipinski definition) is 2. The van der Waals surface area contributed by atoms with Crippen molar-refractivity contribution >= 4 is 0 Å². The Morgan fingerprint density at radius 3 is 2.44 bits per heavy atom. The molecule has 0 spiro atoms. The summed E-state index contributed by atoms with van der Waals surface area (Å²) in [6.07, 6.45) is -0.390. The fourth-order valence-corrected chi connectivity index (χ4v) is 2.22. The van der Waals surface area contributed by atoms with Gasteiger partial charge in [-0.1, -0.05) is 30.3 Å². The van der Waals surface area contributed by atoms with E-state index < -0.39 is 0 Å². The molecule has 0 aromatic heterocycles. The Labute approximate surface area is 97.1 Å². The lowest BCUT2D eigenvalue weighted by Crippen LogP contribution is -2.49. The number of piperazine rings is 1. The molecular formula is C13H20N2O. The molecule has 1 saturated heterocycles. The predicted octanol–water partition coefficient (Wildman–Crippen LogP) is 1.01. The summed E-state index contributed by atoms with van der Waals surface area (Å²) in [7, 11) is 0. The second-order valence-corrected chi connectivity index (χ2v) is 4.38. The molecule has 2 atom stereocenters. The van der Waals surface area contributed by atoms with Crippen molar-refractivity contribution < 1.29 is 5.11 Å². The molecule has 3 nitrogen and oxygen atoms in total. The number of hydrogen-bond acceptors (Lipinski definition) is 3. The van der Waals surface area contributed by atoms with Crippen molar-refractivity contribution in [1.29, 1.82) is 0 Å². The average molecular weight is 220 g/mol. The summed E-state index contributed by atoms with van der Waals surface area (Å²) in [5.74, 6) is 0. The van der Waals surface area contributed by atoms with Crippen LogP contribution in [0.2, 0.25) is 0 Å². The average Bonchev–Trinajstić information content (AvgIpc) is 2.39. The largest absolute Gasteiger partial charge is 0.387 e. The summed E-state index contributed by atoms with van der Waals surface area (Å²) in [6.45, 7) is 6.18. The molecule has 16 heavy (non-hydrogen) atoms. The number of aliphatic hydroxyl groups is 1. The number of nitrogens with zero attached hydrogens (tertiary/aromatic N) is 1. The summed E-state index contributed by atoms with van der Waals surface area (Å²) in [4.78, 5) is 2.34. The summed E-state index contributed by atoms with van der Waals surface area (Å²) in [5.41, 5.74) is 1.01. The summed E-state index contributed by atoms with van der Waals surface area (Å²) >= 11 is 0. The van der Waals surface area contributed by atoms with Crippen LogP contribution in [0.4, 0.5) is 0 Å². The standard InChI is InChI=1S/C13H20N2O/c1-11(15-9-7-14-8-10-15)13(16)12-5-3-2-4-6-12/h2-6,11,13-14,16H,7-10H2,1H3. The van der Waals surface area contributed by atoms with Crippen LogP contribution in [0.1, 0.15) is 18.6 Å². The number of rotatable bonds is 3. The third kappa shape index (κ3) is 2.61. The maximum Gasteiger partial charge on any atom is 0.0942 e. The first-order valence-corrected chi connectivity index (χ1v) is 5.97. The van der Waals surface area contributed by atoms with Gasteiger partial charge in [0.15, 0.2) is 0 Å². The molecule has 1 aromatic rings. The van der Waals surface area contributed by atoms with Gasteiger partial charge in [0.25, 0.3) is 0 Å². The number of nitrogens with one attached hydrogen (secondary N) is 1. The van der Waals surface area contributed by atoms with E-state index in [0.29, 0.717) is 0 Å². The highest BCUT2D eigenvalue weighted by Gasteiger charge is 2.23. The molecule has 1 aliphatic heterocycles. The highest BCUT2D eigenvalue weighted by molar-refractivity contribution is 5.18. The van der Waals surface area contributed by atoms with Crippen molar-refractivity contribution in [3.8, 4) is 0 Å². The van der Waals surface area contributed by atoms with Gasteiger partial charge < -0.3 is 10.4 Å². The van der Waals surface area contributed by atoms with Crippen LogP contribution in [0, 0.1) is 0 Å². The molecule has 2 rings (SSSR count). The van der Waals surface area contributed by atoms with Gasteiger partial charge in [-0.3, -0.25) is 4.90 Å². The zero-order valence-corrected chi connectivity index (χ0v) is 9.76. The Morgan fingerprint density at radius 1 is 1.19 bits per heavy atom. The van der Waals surface area contributed by atoms with Crippen LogP contribution in [0.3, 0.4) is 0 Å². The molecule has 0 radical (unpaired) electrons. The SMILES string of the molecule is CC(C(O)c1ccccc1)N1CCNCC1. The molecule has 1 heterocycles. The molecule has 2 unspecified atom stereocenters. The van der Waals surface area contributed by atoms with E-state index in [2.05, 4.69) is 17.1 Å². The quantitative estimate of drug-likeness (QED) is 0.798. The van der Waals surface area contributed by atoms with Crippen molar-refractivity contribution in [2.24, 2.45) is 0 Å². The van der Waals surface area contributed by atoms with E-state index in [4.69, 9.17) is 0 Å². The van der Waals surface area contributed by atoms with E-state index >= 15 is 0 Å². The van der Waals surface area contributed by atoms with Crippen molar-refractivity contribution in [3.63, 3.8) is 0 Å². The minimum atomic E-state index is -0.390. The Kier molecular flexibility index (Phi) is 3.93. The van der Waals surface area contributed by atoms with Crippen LogP contribution in [0.25, 0.3) is 0 Å². The van der Waals surface area contributed by atoms with Gasteiger partial charge in [-0.05, 0) is 12.5 Å². The van der Waals surface area contributed by atoms with Crippen molar-refractivity contribution in [1.82, 2.24) is 10.2 Å². The zero-order valence-electron chi connectivity index (χ0n) is 9.76. The highest BCUT2D eigenvalue weighted by Crippen LogP contribution is 2.20. The minimum Gasteiger partial charge on any atom is -0.387 e. The molecule has 0 bridgehead atoms. The van der Waals surface area contributed by atoms with E-state index in [1.54, 1.807) is 0 Å². The predicted molar refractivity (Wildman–Crippen MR) is 65.3 cm³/mol. The minimum absolute atomic E-state index is 0.185. The summed E-state index contributed by atoms with van der Waals surface area (Å²) in [6, 6.07) is 10.1. The van der Waals surface area contributed by atoms with Gasteiger partial charge in [-0.2, -0.15) is 0 Å². The van der Waals surface area contributed by atoms with Crippen LogP contribution in [-0.2, 0) is 0 Å². The van der Waals surface area contributed by atoms with Gasteiger partial charge in [-0.25, -0.2) is 0 Å². The Morgan fingerprint density at radius 2 is 1.81 bits per heavy atom. The third-order valence-corrected chi connectivity index (χ3v) is 3.33. The van der Waals surface area contributed by atoms with Crippen LogP contribution < -0.4 is 5.32 Å². The second kappa shape index (κ2) is 5.43. The van der Waals surface area contributed by atoms with Gasteiger partial charge in [-0.15, -0.1) is 0 Å². The van der Waals surface area contributed by atoms with Crippen molar-refractivity contribution in [3.05, 3.63) is 35.9 Å². The molecule has 0 saturated carbocycles. The molecular weight excluding hydrogens is 200 g/mol. The first-order chi connectivity index (χ1) is 7.79. The fraction of sp³-hybridized carbons (Fsp3) is 0.538. The second-order valence-electron chi connectivity index (χ2n) is 4.38. The number of benzene rings is 1. The molecule has 1 aromatic carbocycles. The van der Waals surface area contributed by atoms with Gasteiger partial charge in [0, 0.05) is 32.2 Å². The Hall–Kier alpha value is -0.900. The van der Waals surface area contributed by atoms with Gasteiger partial charge in [0.05, 0.1) is 6.10 Å². The molecule has 1 fully saturated rings. The Balaban J connectivity index is 2.00. The first kappa shape index (κ1) is 11.6. The normalized spacial score (nSPS) is 21.6. The topological polar surface area (TPSA) is 35.5 Å². The van der Waals surface area contributed by atoms with E-state index in [-0.39, 0.29) is 12.1 Å². The van der Waals surface area contributed by atoms with E-state index in [0.717, 1.165) is 31.7 Å². The third-order valence-electron chi connectivity index (χ3n) is 3.33. The van der Waals surface area contributed by atoms with Gasteiger partial charge >= 0.3 is 0 Å². The van der Waals surface area contributed by atoms with Crippen molar-refractivity contribution in [2.75, 3.05) is 26.2 Å². The lowest BCUT2D eigenvalue weighted by Gasteiger charge is -2.35. The zero-order chi connectivity index (χ0) is 11.4. The molecule has 0 aliphatic carbocycles. The van der Waals surface area contributed by atoms with E-state index in [1.165, 1.54) is 0 Å². The summed E-state index contributed by atoms with van der Waals surface area (Å²) < 4.78 is 0. The maximum absolute atomic E-state index is 10.3. The van der Waals surface area contributed by atoms with E-state index in [1.807, 2.05) is 30.3 Å². The van der Waals surface area contributed by atoms with Gasteiger partial charge in [0.1, 0.15) is 0 Å². The van der Waals surface area contributed by atoms with E-state index in [9.17, 15) is 5.11 Å². The van der Waals surface area contributed by atoms with Gasteiger partial charge in [0.2, 0.25) is 0 Å². The lowest BCUT2D eigenvalue weighted by molar-refractivity contribution is 0.0510. The molecule has 88 valence electrons. The molecule has 3 heteroatoms. The molecule has 0 amide bonds. The monoisotopic (exact) mass is 220 g/mol. The van der Waals surface area contributed by atoms with Crippen LogP contribution in [0.5, 0.6) is 0 Å². The number of aliphatic hydroxyl groups excluding tert-OH is 1. The Bertz CT molecular complexity index is 309. The smallest absolute Gasteiger partial charge is 0.0942 e. The lowest BCUT2D eigenvalue weighted by atomic mass is 10.0. The first-order valence-electron chi connectivity index (χ1n) is 5.97. The van der Waals surface area contributed by atoms with Crippen LogP contribution in [-0.4, -0.2) is 42.2 Å². The molecule has 2 N–H and O–H groups in total. The molecule has 1 aliphatic rings. The maximum atomic E-state index is 10.3. The van der Waals surface area contributed by atoms with Crippen LogP contribution in [0.15, 0.2) is 30.3 Å². The highest BCUT2D eigenvalue weighted by atomic mass is 16.3. The van der Waals surface area contributed by atoms with Crippen molar-refractivity contribution in [2.45, 2.75) is 19.1 Å². The van der Waals surface area contributed by atoms with Crippen LogP contribution >= 0.6 is 0 Å². The summed E-state index contributed by atoms with van der Waals surface area (Å²) in [5, 5.41) is 13.6. The fourth-order valence-electron chi connectivity index (χ4n) is 2.22.